The maximum absolute atomic E-state index is 11.5. The van der Waals surface area contributed by atoms with Crippen LogP contribution in [0.4, 0.5) is 0 Å². The Morgan fingerprint density at radius 1 is 1.14 bits per heavy atom. The van der Waals surface area contributed by atoms with Gasteiger partial charge in [0.2, 0.25) is 0 Å². The molecule has 5 heteroatoms. The molecule has 2 rings (SSSR count). The zero-order valence-electron chi connectivity index (χ0n) is 12.3. The van der Waals surface area contributed by atoms with Crippen LogP contribution >= 0.6 is 23.2 Å². The molecule has 0 bridgehead atoms. The summed E-state index contributed by atoms with van der Waals surface area (Å²) in [5.41, 5.74) is 2.67. The summed E-state index contributed by atoms with van der Waals surface area (Å²) in [6.07, 6.45) is -0.749. The smallest absolute Gasteiger partial charge is 0.345 e. The lowest BCUT2D eigenvalue weighted by molar-refractivity contribution is -0.145. The second-order valence-electron chi connectivity index (χ2n) is 5.13. The highest BCUT2D eigenvalue weighted by atomic mass is 35.5. The van der Waals surface area contributed by atoms with E-state index in [2.05, 4.69) is 0 Å². The van der Waals surface area contributed by atoms with Crippen molar-refractivity contribution in [2.75, 3.05) is 0 Å². The van der Waals surface area contributed by atoms with Crippen molar-refractivity contribution >= 4 is 29.2 Å². The molecule has 2 aromatic carbocycles. The lowest BCUT2D eigenvalue weighted by atomic mass is 10.0. The molecule has 0 spiro atoms. The summed E-state index contributed by atoms with van der Waals surface area (Å²) >= 11 is 11.9. The maximum Gasteiger partial charge on any atom is 0.345 e. The predicted octanol–water partition coefficient (Wildman–Crippen LogP) is 4.68. The molecule has 0 aliphatic rings. The number of benzene rings is 2. The number of hydrogen-bond acceptors (Lipinski definition) is 2. The molecule has 0 aromatic heterocycles. The van der Waals surface area contributed by atoms with Gasteiger partial charge in [0, 0.05) is 16.5 Å². The SMILES string of the molecule is Cc1cc(O[C@@H](Cc2cc(Cl)ccc2C)C(=O)O)ccc1Cl. The first-order chi connectivity index (χ1) is 10.4. The molecule has 0 saturated carbocycles. The standard InChI is InChI=1S/C17H16Cl2O3/c1-10-3-4-13(18)8-12(10)9-16(17(20)21)22-14-5-6-15(19)11(2)7-14/h3-8,16H,9H2,1-2H3,(H,20,21)/t16-/m0/s1. The number of carboxylic acid groups (broad SMARTS) is 1. The Kier molecular flexibility index (Phi) is 5.33. The minimum absolute atomic E-state index is 0.239. The van der Waals surface area contributed by atoms with Crippen molar-refractivity contribution in [3.8, 4) is 5.75 Å². The summed E-state index contributed by atoms with van der Waals surface area (Å²) in [5.74, 6) is -0.541. The molecule has 1 atom stereocenters. The van der Waals surface area contributed by atoms with E-state index in [1.807, 2.05) is 19.9 Å². The average Bonchev–Trinajstić information content (AvgIpc) is 2.45. The van der Waals surface area contributed by atoms with Crippen molar-refractivity contribution in [2.45, 2.75) is 26.4 Å². The third-order valence-electron chi connectivity index (χ3n) is 3.40. The zero-order valence-corrected chi connectivity index (χ0v) is 13.8. The van der Waals surface area contributed by atoms with Crippen LogP contribution in [-0.2, 0) is 11.2 Å². The van der Waals surface area contributed by atoms with Crippen molar-refractivity contribution in [1.29, 1.82) is 0 Å². The molecule has 116 valence electrons. The minimum atomic E-state index is -1.02. The Bertz CT molecular complexity index is 698. The fourth-order valence-electron chi connectivity index (χ4n) is 2.09. The first kappa shape index (κ1) is 16.7. The Balaban J connectivity index is 2.21. The van der Waals surface area contributed by atoms with Crippen LogP contribution in [0, 0.1) is 13.8 Å². The van der Waals surface area contributed by atoms with Crippen molar-refractivity contribution in [1.82, 2.24) is 0 Å². The third-order valence-corrected chi connectivity index (χ3v) is 4.06. The molecule has 0 saturated heterocycles. The van der Waals surface area contributed by atoms with Crippen molar-refractivity contribution in [3.05, 3.63) is 63.1 Å². The van der Waals surface area contributed by atoms with Gasteiger partial charge >= 0.3 is 5.97 Å². The summed E-state index contributed by atoms with van der Waals surface area (Å²) in [7, 11) is 0. The van der Waals surface area contributed by atoms with Gasteiger partial charge < -0.3 is 9.84 Å². The maximum atomic E-state index is 11.5. The van der Waals surface area contributed by atoms with Crippen LogP contribution in [0.2, 0.25) is 10.0 Å². The van der Waals surface area contributed by atoms with E-state index < -0.39 is 12.1 Å². The summed E-state index contributed by atoms with van der Waals surface area (Å²) < 4.78 is 5.61. The number of ether oxygens (including phenoxy) is 1. The van der Waals surface area contributed by atoms with Gasteiger partial charge in [-0.15, -0.1) is 0 Å². The largest absolute Gasteiger partial charge is 0.478 e. The number of aliphatic carboxylic acids is 1. The van der Waals surface area contributed by atoms with Crippen LogP contribution in [0.5, 0.6) is 5.75 Å². The summed E-state index contributed by atoms with van der Waals surface area (Å²) in [6, 6.07) is 10.5. The Morgan fingerprint density at radius 3 is 2.50 bits per heavy atom. The summed E-state index contributed by atoms with van der Waals surface area (Å²) in [6.45, 7) is 3.75. The fraction of sp³-hybridized carbons (Fsp3) is 0.235. The number of carbonyl (C=O) groups is 1. The lowest BCUT2D eigenvalue weighted by Gasteiger charge is -2.17. The Labute approximate surface area is 139 Å². The first-order valence-corrected chi connectivity index (χ1v) is 7.53. The topological polar surface area (TPSA) is 46.5 Å². The van der Waals surface area contributed by atoms with Crippen molar-refractivity contribution in [2.24, 2.45) is 0 Å². The number of hydrogen-bond donors (Lipinski definition) is 1. The van der Waals surface area contributed by atoms with Crippen LogP contribution < -0.4 is 4.74 Å². The van der Waals surface area contributed by atoms with E-state index in [1.54, 1.807) is 30.3 Å². The molecule has 0 amide bonds. The van der Waals surface area contributed by atoms with Crippen LogP contribution in [0.3, 0.4) is 0 Å². The molecule has 0 unspecified atom stereocenters. The highest BCUT2D eigenvalue weighted by Gasteiger charge is 2.21. The number of aryl methyl sites for hydroxylation is 2. The van der Waals surface area contributed by atoms with Crippen molar-refractivity contribution in [3.63, 3.8) is 0 Å². The molecule has 0 aliphatic heterocycles. The van der Waals surface area contributed by atoms with E-state index in [1.165, 1.54) is 0 Å². The normalized spacial score (nSPS) is 12.0. The van der Waals surface area contributed by atoms with Crippen LogP contribution in [0.15, 0.2) is 36.4 Å². The highest BCUT2D eigenvalue weighted by molar-refractivity contribution is 6.31. The van der Waals surface area contributed by atoms with Gasteiger partial charge in [-0.1, -0.05) is 29.3 Å². The van der Waals surface area contributed by atoms with Gasteiger partial charge in [0.05, 0.1) is 0 Å². The van der Waals surface area contributed by atoms with Crippen LogP contribution in [0.25, 0.3) is 0 Å². The van der Waals surface area contributed by atoms with E-state index in [-0.39, 0.29) is 6.42 Å². The molecular formula is C17H16Cl2O3. The minimum Gasteiger partial charge on any atom is -0.478 e. The van der Waals surface area contributed by atoms with Gasteiger partial charge in [-0.2, -0.15) is 0 Å². The van der Waals surface area contributed by atoms with Crippen molar-refractivity contribution < 1.29 is 14.6 Å². The second kappa shape index (κ2) is 7.03. The molecule has 3 nitrogen and oxygen atoms in total. The van der Waals surface area contributed by atoms with Crippen LogP contribution in [-0.4, -0.2) is 17.2 Å². The summed E-state index contributed by atoms with van der Waals surface area (Å²) in [5, 5.41) is 10.6. The van der Waals surface area contributed by atoms with E-state index in [9.17, 15) is 9.90 Å². The monoisotopic (exact) mass is 338 g/mol. The van der Waals surface area contributed by atoms with Gasteiger partial charge in [0.1, 0.15) is 5.75 Å². The number of carboxylic acids is 1. The highest BCUT2D eigenvalue weighted by Crippen LogP contribution is 2.24. The summed E-state index contributed by atoms with van der Waals surface area (Å²) in [4.78, 5) is 11.5. The molecule has 1 N–H and O–H groups in total. The van der Waals surface area contributed by atoms with E-state index in [4.69, 9.17) is 27.9 Å². The van der Waals surface area contributed by atoms with Gasteiger partial charge in [-0.3, -0.25) is 0 Å². The molecule has 0 fully saturated rings. The predicted molar refractivity (Wildman–Crippen MR) is 88.1 cm³/mol. The van der Waals surface area contributed by atoms with E-state index in [0.29, 0.717) is 15.8 Å². The molecule has 0 heterocycles. The van der Waals surface area contributed by atoms with Gasteiger partial charge in [0.15, 0.2) is 6.10 Å². The van der Waals surface area contributed by atoms with Gasteiger partial charge in [-0.25, -0.2) is 4.79 Å². The molecule has 0 radical (unpaired) electrons. The van der Waals surface area contributed by atoms with Crippen LogP contribution in [0.1, 0.15) is 16.7 Å². The lowest BCUT2D eigenvalue weighted by Crippen LogP contribution is -2.29. The average molecular weight is 339 g/mol. The van der Waals surface area contributed by atoms with Gasteiger partial charge in [-0.05, 0) is 60.9 Å². The Morgan fingerprint density at radius 2 is 1.86 bits per heavy atom. The Hall–Kier alpha value is -1.71. The second-order valence-corrected chi connectivity index (χ2v) is 5.97. The fourth-order valence-corrected chi connectivity index (χ4v) is 2.41. The zero-order chi connectivity index (χ0) is 16.3. The van der Waals surface area contributed by atoms with E-state index in [0.717, 1.165) is 16.7 Å². The number of rotatable bonds is 5. The molecule has 22 heavy (non-hydrogen) atoms. The molecule has 0 aliphatic carbocycles. The van der Waals surface area contributed by atoms with E-state index >= 15 is 0 Å². The molecule has 2 aromatic rings. The number of halogens is 2. The quantitative estimate of drug-likeness (QED) is 0.860. The first-order valence-electron chi connectivity index (χ1n) is 6.77. The van der Waals surface area contributed by atoms with Gasteiger partial charge in [0.25, 0.3) is 0 Å². The third kappa shape index (κ3) is 4.15. The molecular weight excluding hydrogens is 323 g/mol.